The van der Waals surface area contributed by atoms with Gasteiger partial charge in [-0.3, -0.25) is 4.79 Å². The van der Waals surface area contributed by atoms with E-state index < -0.39 is 22.0 Å². The summed E-state index contributed by atoms with van der Waals surface area (Å²) in [6.07, 6.45) is 0. The molecule has 1 aromatic carbocycles. The van der Waals surface area contributed by atoms with Crippen LogP contribution in [-0.4, -0.2) is 50.3 Å². The molecule has 138 valence electrons. The van der Waals surface area contributed by atoms with Crippen LogP contribution in [0.4, 0.5) is 0 Å². The van der Waals surface area contributed by atoms with E-state index in [9.17, 15) is 18.0 Å². The molecule has 1 fully saturated rings. The van der Waals surface area contributed by atoms with Crippen LogP contribution < -0.4 is 5.32 Å². The second-order valence-electron chi connectivity index (χ2n) is 5.96. The van der Waals surface area contributed by atoms with E-state index in [1.807, 2.05) is 0 Å². The van der Waals surface area contributed by atoms with Crippen LogP contribution in [0.25, 0.3) is 0 Å². The van der Waals surface area contributed by atoms with Gasteiger partial charge in [0.25, 0.3) is 0 Å². The first-order valence-electron chi connectivity index (χ1n) is 7.96. The van der Waals surface area contributed by atoms with E-state index in [-0.39, 0.29) is 46.5 Å². The topological polar surface area (TPSA) is 92.8 Å². The van der Waals surface area contributed by atoms with Gasteiger partial charge in [-0.15, -0.1) is 0 Å². The van der Waals surface area contributed by atoms with Gasteiger partial charge in [0.15, 0.2) is 0 Å². The molecule has 1 saturated heterocycles. The van der Waals surface area contributed by atoms with Crippen molar-refractivity contribution in [2.24, 2.45) is 5.92 Å². The highest BCUT2D eigenvalue weighted by Crippen LogP contribution is 2.29. The van der Waals surface area contributed by atoms with Gasteiger partial charge in [0.05, 0.1) is 17.1 Å². The molecule has 1 aliphatic heterocycles. The van der Waals surface area contributed by atoms with E-state index in [2.05, 4.69) is 21.2 Å². The van der Waals surface area contributed by atoms with Crippen LogP contribution in [0.2, 0.25) is 0 Å². The van der Waals surface area contributed by atoms with E-state index in [1.54, 1.807) is 20.8 Å². The fourth-order valence-electron chi connectivity index (χ4n) is 2.75. The zero-order valence-electron chi connectivity index (χ0n) is 14.3. The molecule has 2 rings (SSSR count). The number of ether oxygens (including phenoxy) is 1. The Morgan fingerprint density at radius 2 is 2.12 bits per heavy atom. The second kappa shape index (κ2) is 7.84. The van der Waals surface area contributed by atoms with Crippen molar-refractivity contribution in [3.8, 4) is 0 Å². The molecule has 0 bridgehead atoms. The highest BCUT2D eigenvalue weighted by atomic mass is 79.9. The molecule has 9 heteroatoms. The lowest BCUT2D eigenvalue weighted by atomic mass is 10.0. The number of sulfonamides is 1. The fourth-order valence-corrected chi connectivity index (χ4v) is 5.51. The number of hydrogen-bond acceptors (Lipinski definition) is 5. The van der Waals surface area contributed by atoms with Crippen LogP contribution in [-0.2, 0) is 19.6 Å². The van der Waals surface area contributed by atoms with Crippen LogP contribution in [0.1, 0.15) is 31.1 Å². The molecule has 0 aromatic heterocycles. The van der Waals surface area contributed by atoms with Crippen molar-refractivity contribution in [2.75, 3.05) is 19.7 Å². The third-order valence-electron chi connectivity index (χ3n) is 3.87. The van der Waals surface area contributed by atoms with Crippen molar-refractivity contribution in [3.63, 3.8) is 0 Å². The normalized spacial score (nSPS) is 18.9. The summed E-state index contributed by atoms with van der Waals surface area (Å²) in [6, 6.07) is 3.41. The van der Waals surface area contributed by atoms with E-state index in [0.717, 1.165) is 0 Å². The van der Waals surface area contributed by atoms with Crippen molar-refractivity contribution in [1.82, 2.24) is 9.62 Å². The lowest BCUT2D eigenvalue weighted by Crippen LogP contribution is -2.59. The summed E-state index contributed by atoms with van der Waals surface area (Å²) in [6.45, 7) is 5.99. The number of carbonyl (C=O) groups is 2. The van der Waals surface area contributed by atoms with Gasteiger partial charge in [0.2, 0.25) is 15.9 Å². The van der Waals surface area contributed by atoms with Crippen molar-refractivity contribution < 1.29 is 22.7 Å². The molecule has 1 aromatic rings. The quantitative estimate of drug-likeness (QED) is 0.715. The van der Waals surface area contributed by atoms with Crippen LogP contribution >= 0.6 is 15.9 Å². The summed E-state index contributed by atoms with van der Waals surface area (Å²) in [4.78, 5) is 23.9. The van der Waals surface area contributed by atoms with Crippen LogP contribution in [0.3, 0.4) is 0 Å². The van der Waals surface area contributed by atoms with Gasteiger partial charge in [0, 0.05) is 17.6 Å². The number of piperazine rings is 1. The maximum atomic E-state index is 13.1. The largest absolute Gasteiger partial charge is 0.462 e. The van der Waals surface area contributed by atoms with Crippen molar-refractivity contribution >= 4 is 37.8 Å². The molecule has 0 saturated carbocycles. The minimum Gasteiger partial charge on any atom is -0.462 e. The zero-order valence-corrected chi connectivity index (χ0v) is 16.7. The van der Waals surface area contributed by atoms with Gasteiger partial charge >= 0.3 is 5.97 Å². The SMILES string of the molecule is CCOC(=O)c1ccc(S(=O)(=O)N2CCNC(=O)C2C(C)C)c(Br)c1. The minimum atomic E-state index is -3.90. The Balaban J connectivity index is 2.42. The number of carbonyl (C=O) groups excluding carboxylic acids is 2. The summed E-state index contributed by atoms with van der Waals surface area (Å²) >= 11 is 3.23. The minimum absolute atomic E-state index is 0.0147. The van der Waals surface area contributed by atoms with Crippen LogP contribution in [0.5, 0.6) is 0 Å². The number of halogens is 1. The molecule has 1 unspecified atom stereocenters. The number of esters is 1. The molecule has 0 aliphatic carbocycles. The highest BCUT2D eigenvalue weighted by molar-refractivity contribution is 9.10. The number of nitrogens with zero attached hydrogens (tertiary/aromatic N) is 1. The Kier molecular flexibility index (Phi) is 6.23. The van der Waals surface area contributed by atoms with Crippen LogP contribution in [0.15, 0.2) is 27.6 Å². The molecule has 1 aliphatic rings. The summed E-state index contributed by atoms with van der Waals surface area (Å²) < 4.78 is 32.5. The first-order valence-corrected chi connectivity index (χ1v) is 10.2. The molecule has 1 heterocycles. The smallest absolute Gasteiger partial charge is 0.338 e. The molecule has 7 nitrogen and oxygen atoms in total. The Morgan fingerprint density at radius 3 is 2.68 bits per heavy atom. The Labute approximate surface area is 155 Å². The molecule has 0 radical (unpaired) electrons. The van der Waals surface area contributed by atoms with Crippen LogP contribution in [0, 0.1) is 5.92 Å². The Bertz CT molecular complexity index is 779. The average molecular weight is 433 g/mol. The number of rotatable bonds is 5. The van der Waals surface area contributed by atoms with Gasteiger partial charge in [-0.25, -0.2) is 13.2 Å². The number of nitrogens with one attached hydrogen (secondary N) is 1. The zero-order chi connectivity index (χ0) is 18.8. The molecular weight excluding hydrogens is 412 g/mol. The highest BCUT2D eigenvalue weighted by Gasteiger charge is 2.40. The van der Waals surface area contributed by atoms with Crippen molar-refractivity contribution in [2.45, 2.75) is 31.7 Å². The summed E-state index contributed by atoms with van der Waals surface area (Å²) in [7, 11) is -3.90. The van der Waals surface area contributed by atoms with Gasteiger partial charge in [-0.1, -0.05) is 13.8 Å². The molecule has 1 atom stereocenters. The number of amides is 1. The molecular formula is C16H21BrN2O5S. The summed E-state index contributed by atoms with van der Waals surface area (Å²) in [5.41, 5.74) is 0.254. The fraction of sp³-hybridized carbons (Fsp3) is 0.500. The average Bonchev–Trinajstić information content (AvgIpc) is 2.54. The summed E-state index contributed by atoms with van der Waals surface area (Å²) in [5.74, 6) is -0.999. The first-order chi connectivity index (χ1) is 11.7. The van der Waals surface area contributed by atoms with Gasteiger partial charge in [-0.05, 0) is 47.0 Å². The van der Waals surface area contributed by atoms with Crippen molar-refractivity contribution in [1.29, 1.82) is 0 Å². The Morgan fingerprint density at radius 1 is 1.44 bits per heavy atom. The molecule has 1 amide bonds. The molecule has 1 N–H and O–H groups in total. The third-order valence-corrected chi connectivity index (χ3v) is 6.73. The second-order valence-corrected chi connectivity index (χ2v) is 8.67. The lowest BCUT2D eigenvalue weighted by Gasteiger charge is -2.36. The van der Waals surface area contributed by atoms with Gasteiger partial charge < -0.3 is 10.1 Å². The maximum absolute atomic E-state index is 13.1. The van der Waals surface area contributed by atoms with Crippen molar-refractivity contribution in [3.05, 3.63) is 28.2 Å². The first kappa shape index (κ1) is 19.9. The standard InChI is InChI=1S/C16H21BrN2O5S/c1-4-24-16(21)11-5-6-13(12(17)9-11)25(22,23)19-8-7-18-15(20)14(19)10(2)3/h5-6,9-10,14H,4,7-8H2,1-3H3,(H,18,20). The molecule has 0 spiro atoms. The number of benzene rings is 1. The Hall–Kier alpha value is -1.45. The van der Waals surface area contributed by atoms with E-state index in [4.69, 9.17) is 4.74 Å². The van der Waals surface area contributed by atoms with Gasteiger partial charge in [0.1, 0.15) is 6.04 Å². The summed E-state index contributed by atoms with van der Waals surface area (Å²) in [5, 5.41) is 2.70. The van der Waals surface area contributed by atoms with E-state index in [0.29, 0.717) is 0 Å². The maximum Gasteiger partial charge on any atom is 0.338 e. The monoisotopic (exact) mass is 432 g/mol. The lowest BCUT2D eigenvalue weighted by molar-refractivity contribution is -0.128. The number of hydrogen-bond donors (Lipinski definition) is 1. The van der Waals surface area contributed by atoms with E-state index >= 15 is 0 Å². The predicted octanol–water partition coefficient (Wildman–Crippen LogP) is 1.77. The van der Waals surface area contributed by atoms with Gasteiger partial charge in [-0.2, -0.15) is 4.31 Å². The van der Waals surface area contributed by atoms with E-state index in [1.165, 1.54) is 22.5 Å². The third kappa shape index (κ3) is 4.04. The predicted molar refractivity (Wildman–Crippen MR) is 95.6 cm³/mol. The molecule has 25 heavy (non-hydrogen) atoms.